The summed E-state index contributed by atoms with van der Waals surface area (Å²) >= 11 is 0. The Labute approximate surface area is 86.3 Å². The predicted molar refractivity (Wildman–Crippen MR) is 56.1 cm³/mol. The maximum atomic E-state index is 6.07. The van der Waals surface area contributed by atoms with Crippen molar-refractivity contribution in [3.05, 3.63) is 12.2 Å². The van der Waals surface area contributed by atoms with Crippen molar-refractivity contribution in [3.63, 3.8) is 0 Å². The molecule has 0 amide bonds. The minimum Gasteiger partial charge on any atom is -0.344 e. The third kappa shape index (κ3) is 1.86. The molecule has 0 aromatic carbocycles. The third-order valence-electron chi connectivity index (χ3n) is 3.26. The first kappa shape index (κ1) is 10.2. The van der Waals surface area contributed by atoms with Crippen LogP contribution in [0, 0.1) is 0 Å². The van der Waals surface area contributed by atoms with E-state index in [9.17, 15) is 0 Å². The van der Waals surface area contributed by atoms with Gasteiger partial charge in [0.05, 0.1) is 6.10 Å². The standard InChI is InChI=1S/C12H20O2/c1-3-10-8-6-5-7-9-11-12(4-2,13-10)14-11/h5,7,10-11H,3-4,6,8-9H2,1-2H3/b7-5-/t10-,11-,12+/m1/s1. The fourth-order valence-corrected chi connectivity index (χ4v) is 2.18. The van der Waals surface area contributed by atoms with E-state index in [1.807, 2.05) is 0 Å². The van der Waals surface area contributed by atoms with Gasteiger partial charge in [-0.25, -0.2) is 0 Å². The van der Waals surface area contributed by atoms with Gasteiger partial charge < -0.3 is 9.47 Å². The molecule has 0 N–H and O–H groups in total. The number of fused-ring (bicyclic) bond motifs is 1. The second kappa shape index (κ2) is 4.03. The first-order valence-corrected chi connectivity index (χ1v) is 5.81. The molecule has 2 heteroatoms. The topological polar surface area (TPSA) is 21.8 Å². The lowest BCUT2D eigenvalue weighted by Gasteiger charge is -2.20. The summed E-state index contributed by atoms with van der Waals surface area (Å²) < 4.78 is 11.8. The van der Waals surface area contributed by atoms with Crippen LogP contribution in [0.3, 0.4) is 0 Å². The summed E-state index contributed by atoms with van der Waals surface area (Å²) in [7, 11) is 0. The van der Waals surface area contributed by atoms with E-state index >= 15 is 0 Å². The quantitative estimate of drug-likeness (QED) is 0.500. The van der Waals surface area contributed by atoms with Crippen molar-refractivity contribution < 1.29 is 9.47 Å². The molecule has 1 saturated heterocycles. The predicted octanol–water partition coefficient (Wildman–Crippen LogP) is 3.03. The van der Waals surface area contributed by atoms with Crippen molar-refractivity contribution in [2.24, 2.45) is 0 Å². The SMILES string of the molecule is CC[C@@H]1CC/C=C\C[C@H]2O[C@]2(CC)O1. The first-order chi connectivity index (χ1) is 6.80. The van der Waals surface area contributed by atoms with E-state index in [1.165, 1.54) is 0 Å². The van der Waals surface area contributed by atoms with Crippen LogP contribution >= 0.6 is 0 Å². The van der Waals surface area contributed by atoms with Gasteiger partial charge in [-0.05, 0) is 25.7 Å². The molecule has 0 radical (unpaired) electrons. The van der Waals surface area contributed by atoms with Crippen molar-refractivity contribution >= 4 is 0 Å². The van der Waals surface area contributed by atoms with E-state index < -0.39 is 0 Å². The zero-order valence-electron chi connectivity index (χ0n) is 9.16. The first-order valence-electron chi connectivity index (χ1n) is 5.81. The van der Waals surface area contributed by atoms with Gasteiger partial charge in [0.1, 0.15) is 6.10 Å². The Morgan fingerprint density at radius 2 is 2.14 bits per heavy atom. The Kier molecular flexibility index (Phi) is 2.93. The van der Waals surface area contributed by atoms with Gasteiger partial charge in [0.25, 0.3) is 0 Å². The molecule has 1 fully saturated rings. The molecule has 3 atom stereocenters. The molecule has 2 aliphatic heterocycles. The average molecular weight is 196 g/mol. The molecular weight excluding hydrogens is 176 g/mol. The van der Waals surface area contributed by atoms with Gasteiger partial charge in [-0.3, -0.25) is 0 Å². The van der Waals surface area contributed by atoms with Crippen molar-refractivity contribution in [1.82, 2.24) is 0 Å². The molecule has 0 saturated carbocycles. The fraction of sp³-hybridized carbons (Fsp3) is 0.833. The monoisotopic (exact) mass is 196 g/mol. The average Bonchev–Trinajstić information content (AvgIpc) is 2.89. The summed E-state index contributed by atoms with van der Waals surface area (Å²) in [5.74, 6) is -0.227. The fourth-order valence-electron chi connectivity index (χ4n) is 2.18. The largest absolute Gasteiger partial charge is 0.344 e. The second-order valence-electron chi connectivity index (χ2n) is 4.20. The Hall–Kier alpha value is -0.340. The zero-order valence-corrected chi connectivity index (χ0v) is 9.16. The number of rotatable bonds is 2. The van der Waals surface area contributed by atoms with Crippen LogP contribution in [0.2, 0.25) is 0 Å². The van der Waals surface area contributed by atoms with Gasteiger partial charge in [-0.2, -0.15) is 0 Å². The molecule has 80 valence electrons. The Bertz CT molecular complexity index is 224. The zero-order chi connectivity index (χ0) is 10.0. The van der Waals surface area contributed by atoms with Crippen LogP contribution in [0.5, 0.6) is 0 Å². The van der Waals surface area contributed by atoms with E-state index in [1.54, 1.807) is 0 Å². The third-order valence-corrected chi connectivity index (χ3v) is 3.26. The smallest absolute Gasteiger partial charge is 0.195 e. The van der Waals surface area contributed by atoms with Gasteiger partial charge in [-0.15, -0.1) is 0 Å². The highest BCUT2D eigenvalue weighted by Gasteiger charge is 2.56. The summed E-state index contributed by atoms with van der Waals surface area (Å²) in [6.45, 7) is 4.33. The summed E-state index contributed by atoms with van der Waals surface area (Å²) in [5.41, 5.74) is 0. The van der Waals surface area contributed by atoms with Crippen LogP contribution in [-0.4, -0.2) is 18.0 Å². The van der Waals surface area contributed by atoms with Crippen LogP contribution in [0.4, 0.5) is 0 Å². The highest BCUT2D eigenvalue weighted by molar-refractivity contribution is 5.01. The Balaban J connectivity index is 2.03. The summed E-state index contributed by atoms with van der Waals surface area (Å²) in [6, 6.07) is 0. The maximum Gasteiger partial charge on any atom is 0.195 e. The summed E-state index contributed by atoms with van der Waals surface area (Å²) in [6.07, 6.45) is 10.6. The van der Waals surface area contributed by atoms with E-state index in [2.05, 4.69) is 26.0 Å². The lowest BCUT2D eigenvalue weighted by atomic mass is 10.1. The second-order valence-corrected chi connectivity index (χ2v) is 4.20. The Morgan fingerprint density at radius 3 is 2.86 bits per heavy atom. The van der Waals surface area contributed by atoms with E-state index in [0.29, 0.717) is 12.2 Å². The van der Waals surface area contributed by atoms with Crippen molar-refractivity contribution in [3.8, 4) is 0 Å². The van der Waals surface area contributed by atoms with Crippen LogP contribution in [0.1, 0.15) is 46.0 Å². The van der Waals surface area contributed by atoms with Crippen LogP contribution in [0.15, 0.2) is 12.2 Å². The molecule has 0 bridgehead atoms. The highest BCUT2D eigenvalue weighted by Crippen LogP contribution is 2.45. The van der Waals surface area contributed by atoms with Crippen LogP contribution in [-0.2, 0) is 9.47 Å². The lowest BCUT2D eigenvalue weighted by Crippen LogP contribution is -2.25. The molecule has 0 unspecified atom stereocenters. The van der Waals surface area contributed by atoms with E-state index in [0.717, 1.165) is 32.1 Å². The van der Waals surface area contributed by atoms with Gasteiger partial charge >= 0.3 is 0 Å². The van der Waals surface area contributed by atoms with Crippen LogP contribution < -0.4 is 0 Å². The number of ether oxygens (including phenoxy) is 2. The van der Waals surface area contributed by atoms with Crippen molar-refractivity contribution in [2.45, 2.75) is 63.9 Å². The number of allylic oxidation sites excluding steroid dienone is 1. The molecule has 2 heterocycles. The van der Waals surface area contributed by atoms with E-state index in [4.69, 9.17) is 9.47 Å². The van der Waals surface area contributed by atoms with Crippen molar-refractivity contribution in [1.29, 1.82) is 0 Å². The molecule has 2 rings (SSSR count). The van der Waals surface area contributed by atoms with Gasteiger partial charge in [0, 0.05) is 6.42 Å². The van der Waals surface area contributed by atoms with Crippen molar-refractivity contribution in [2.75, 3.05) is 0 Å². The van der Waals surface area contributed by atoms with Crippen LogP contribution in [0.25, 0.3) is 0 Å². The maximum absolute atomic E-state index is 6.07. The molecular formula is C12H20O2. The molecule has 0 aliphatic carbocycles. The molecule has 14 heavy (non-hydrogen) atoms. The molecule has 2 nitrogen and oxygen atoms in total. The minimum atomic E-state index is -0.227. The van der Waals surface area contributed by atoms with Gasteiger partial charge in [-0.1, -0.05) is 26.0 Å². The van der Waals surface area contributed by atoms with E-state index in [-0.39, 0.29) is 5.79 Å². The number of hydrogen-bond donors (Lipinski definition) is 0. The highest BCUT2D eigenvalue weighted by atomic mass is 16.8. The molecule has 0 spiro atoms. The molecule has 0 aromatic rings. The minimum absolute atomic E-state index is 0.227. The van der Waals surface area contributed by atoms with Gasteiger partial charge in [0.15, 0.2) is 5.79 Å². The molecule has 0 aromatic heterocycles. The molecule has 2 aliphatic rings. The number of hydrogen-bond acceptors (Lipinski definition) is 2. The summed E-state index contributed by atoms with van der Waals surface area (Å²) in [4.78, 5) is 0. The summed E-state index contributed by atoms with van der Waals surface area (Å²) in [5, 5.41) is 0. The Morgan fingerprint density at radius 1 is 1.29 bits per heavy atom. The van der Waals surface area contributed by atoms with Gasteiger partial charge in [0.2, 0.25) is 0 Å². The number of epoxide rings is 1. The lowest BCUT2D eigenvalue weighted by molar-refractivity contribution is -0.0957. The normalized spacial score (nSPS) is 44.4.